The van der Waals surface area contributed by atoms with E-state index in [1.165, 1.54) is 31.3 Å². The third-order valence-corrected chi connectivity index (χ3v) is 8.09. The summed E-state index contributed by atoms with van der Waals surface area (Å²) in [6.07, 6.45) is 15.4. The molecule has 6 atom stereocenters. The van der Waals surface area contributed by atoms with Gasteiger partial charge >= 0.3 is 0 Å². The molecule has 3 rings (SSSR count). The van der Waals surface area contributed by atoms with Gasteiger partial charge in [-0.15, -0.1) is 0 Å². The standard InChI is InChI=1S/C22H31NO/c1-4-21(2)17(12-15-24)7-9-18-19-10-8-16(6-5-14-23)22(19,3)13-11-20(18)21/h7,9,12,15-16,18-20H,4-6,8,10-11,13H2,1-3H3/b17-12-/t16-,18?,19?,20?,21-,22+/m0/s1. The van der Waals surface area contributed by atoms with E-state index in [9.17, 15) is 4.79 Å². The molecule has 0 aliphatic heterocycles. The number of nitrogens with zero attached hydrogens (tertiary/aromatic N) is 1. The largest absolute Gasteiger partial charge is 0.299 e. The van der Waals surface area contributed by atoms with Crippen LogP contribution in [0.15, 0.2) is 23.8 Å². The van der Waals surface area contributed by atoms with Crippen molar-refractivity contribution in [1.82, 2.24) is 0 Å². The van der Waals surface area contributed by atoms with Crippen LogP contribution in [0.5, 0.6) is 0 Å². The molecule has 0 N–H and O–H groups in total. The first-order valence-electron chi connectivity index (χ1n) is 9.72. The molecule has 2 heteroatoms. The van der Waals surface area contributed by atoms with Crippen LogP contribution in [-0.2, 0) is 4.79 Å². The predicted octanol–water partition coefficient (Wildman–Crippen LogP) is 5.46. The Kier molecular flexibility index (Phi) is 4.73. The maximum atomic E-state index is 11.1. The van der Waals surface area contributed by atoms with Crippen molar-refractivity contribution in [3.8, 4) is 6.07 Å². The molecule has 0 bridgehead atoms. The Balaban J connectivity index is 1.92. The number of nitriles is 1. The van der Waals surface area contributed by atoms with E-state index in [0.717, 1.165) is 31.0 Å². The summed E-state index contributed by atoms with van der Waals surface area (Å²) in [6.45, 7) is 7.14. The van der Waals surface area contributed by atoms with Crippen molar-refractivity contribution in [1.29, 1.82) is 5.26 Å². The van der Waals surface area contributed by atoms with Crippen molar-refractivity contribution >= 4 is 6.29 Å². The molecular weight excluding hydrogens is 294 g/mol. The number of rotatable bonds is 4. The lowest BCUT2D eigenvalue weighted by Gasteiger charge is -2.55. The van der Waals surface area contributed by atoms with Gasteiger partial charge in [-0.25, -0.2) is 0 Å². The topological polar surface area (TPSA) is 40.9 Å². The molecule has 2 fully saturated rings. The van der Waals surface area contributed by atoms with E-state index in [1.807, 2.05) is 0 Å². The fourth-order valence-electron chi connectivity index (χ4n) is 6.43. The van der Waals surface area contributed by atoms with Crippen LogP contribution in [0.25, 0.3) is 0 Å². The van der Waals surface area contributed by atoms with Crippen LogP contribution in [-0.4, -0.2) is 6.29 Å². The Hall–Kier alpha value is -1.36. The van der Waals surface area contributed by atoms with Crippen molar-refractivity contribution in [2.75, 3.05) is 0 Å². The Bertz CT molecular complexity index is 598. The second kappa shape index (κ2) is 6.51. The second-order valence-electron chi connectivity index (χ2n) is 8.69. The van der Waals surface area contributed by atoms with Crippen molar-refractivity contribution < 1.29 is 4.79 Å². The average molecular weight is 325 g/mol. The van der Waals surface area contributed by atoms with Gasteiger partial charge in [0.25, 0.3) is 0 Å². The Morgan fingerprint density at radius 2 is 2.08 bits per heavy atom. The first-order valence-corrected chi connectivity index (χ1v) is 9.72. The molecule has 3 unspecified atom stereocenters. The van der Waals surface area contributed by atoms with Crippen LogP contribution >= 0.6 is 0 Å². The van der Waals surface area contributed by atoms with Crippen LogP contribution in [0, 0.1) is 45.8 Å². The highest BCUT2D eigenvalue weighted by molar-refractivity contribution is 5.68. The highest BCUT2D eigenvalue weighted by Crippen LogP contribution is 2.65. The quantitative estimate of drug-likeness (QED) is 0.508. The van der Waals surface area contributed by atoms with Crippen LogP contribution < -0.4 is 0 Å². The summed E-state index contributed by atoms with van der Waals surface area (Å²) in [6, 6.07) is 2.35. The number of fused-ring (bicyclic) bond motifs is 3. The lowest BCUT2D eigenvalue weighted by Crippen LogP contribution is -2.47. The van der Waals surface area contributed by atoms with Gasteiger partial charge in [0.2, 0.25) is 0 Å². The van der Waals surface area contributed by atoms with E-state index in [-0.39, 0.29) is 5.41 Å². The molecule has 2 nitrogen and oxygen atoms in total. The van der Waals surface area contributed by atoms with E-state index in [0.29, 0.717) is 23.7 Å². The Morgan fingerprint density at radius 1 is 1.29 bits per heavy atom. The summed E-state index contributed by atoms with van der Waals surface area (Å²) in [4.78, 5) is 11.1. The van der Waals surface area contributed by atoms with Crippen LogP contribution in [0.3, 0.4) is 0 Å². The molecule has 24 heavy (non-hydrogen) atoms. The van der Waals surface area contributed by atoms with Gasteiger partial charge in [-0.3, -0.25) is 4.79 Å². The molecule has 0 aromatic carbocycles. The highest BCUT2D eigenvalue weighted by atomic mass is 16.1. The maximum Gasteiger partial charge on any atom is 0.143 e. The summed E-state index contributed by atoms with van der Waals surface area (Å²) >= 11 is 0. The first-order chi connectivity index (χ1) is 11.5. The lowest BCUT2D eigenvalue weighted by atomic mass is 9.49. The second-order valence-corrected chi connectivity index (χ2v) is 8.69. The summed E-state index contributed by atoms with van der Waals surface area (Å²) in [5.41, 5.74) is 1.76. The van der Waals surface area contributed by atoms with Crippen molar-refractivity contribution in [2.45, 2.75) is 65.7 Å². The van der Waals surface area contributed by atoms with E-state index < -0.39 is 0 Å². The Morgan fingerprint density at radius 3 is 2.75 bits per heavy atom. The smallest absolute Gasteiger partial charge is 0.143 e. The number of carbonyl (C=O) groups excluding carboxylic acids is 1. The maximum absolute atomic E-state index is 11.1. The van der Waals surface area contributed by atoms with E-state index in [1.54, 1.807) is 6.08 Å². The lowest BCUT2D eigenvalue weighted by molar-refractivity contribution is -0.104. The zero-order valence-electron chi connectivity index (χ0n) is 15.4. The molecule has 3 aliphatic carbocycles. The summed E-state index contributed by atoms with van der Waals surface area (Å²) in [5.74, 6) is 2.77. The number of allylic oxidation sites excluding steroid dienone is 4. The van der Waals surface area contributed by atoms with E-state index in [4.69, 9.17) is 5.26 Å². The number of hydrogen-bond acceptors (Lipinski definition) is 2. The van der Waals surface area contributed by atoms with Crippen molar-refractivity contribution in [2.24, 2.45) is 34.5 Å². The molecule has 0 aromatic heterocycles. The summed E-state index contributed by atoms with van der Waals surface area (Å²) < 4.78 is 0. The fraction of sp³-hybridized carbons (Fsp3) is 0.727. The minimum atomic E-state index is 0.131. The van der Waals surface area contributed by atoms with Crippen molar-refractivity contribution in [3.63, 3.8) is 0 Å². The van der Waals surface area contributed by atoms with Gasteiger partial charge in [0.15, 0.2) is 0 Å². The molecular formula is C22H31NO. The van der Waals surface area contributed by atoms with E-state index in [2.05, 4.69) is 39.0 Å². The zero-order valence-corrected chi connectivity index (χ0v) is 15.4. The van der Waals surface area contributed by atoms with Gasteiger partial charge in [-0.1, -0.05) is 32.9 Å². The van der Waals surface area contributed by atoms with Crippen LogP contribution in [0.1, 0.15) is 65.7 Å². The van der Waals surface area contributed by atoms with Gasteiger partial charge in [0, 0.05) is 6.42 Å². The fourth-order valence-corrected chi connectivity index (χ4v) is 6.43. The summed E-state index contributed by atoms with van der Waals surface area (Å²) in [7, 11) is 0. The summed E-state index contributed by atoms with van der Waals surface area (Å²) in [5, 5.41) is 8.98. The monoisotopic (exact) mass is 325 g/mol. The van der Waals surface area contributed by atoms with Crippen LogP contribution in [0.2, 0.25) is 0 Å². The molecule has 0 radical (unpaired) electrons. The SMILES string of the molecule is CC[C@@]1(C)/C(=C\C=O)C=CC2C1CC[C@@]1(C)C2CC[C@@H]1CCC#N. The molecule has 0 heterocycles. The molecule has 0 aromatic rings. The number of hydrogen-bond donors (Lipinski definition) is 0. The van der Waals surface area contributed by atoms with Gasteiger partial charge in [0.1, 0.15) is 6.29 Å². The van der Waals surface area contributed by atoms with Crippen LogP contribution in [0.4, 0.5) is 0 Å². The molecule has 130 valence electrons. The van der Waals surface area contributed by atoms with E-state index >= 15 is 0 Å². The minimum absolute atomic E-state index is 0.131. The molecule has 3 aliphatic rings. The molecule has 2 saturated carbocycles. The molecule has 0 amide bonds. The predicted molar refractivity (Wildman–Crippen MR) is 97.1 cm³/mol. The normalized spacial score (nSPS) is 45.5. The highest BCUT2D eigenvalue weighted by Gasteiger charge is 2.56. The third kappa shape index (κ3) is 2.48. The molecule has 0 saturated heterocycles. The number of carbonyl (C=O) groups is 1. The first kappa shape index (κ1) is 17.5. The van der Waals surface area contributed by atoms with Gasteiger partial charge in [-0.05, 0) is 84.7 Å². The van der Waals surface area contributed by atoms with Gasteiger partial charge in [0.05, 0.1) is 6.07 Å². The zero-order chi connectivity index (χ0) is 17.4. The number of aldehydes is 1. The van der Waals surface area contributed by atoms with Crippen molar-refractivity contribution in [3.05, 3.63) is 23.8 Å². The van der Waals surface area contributed by atoms with Gasteiger partial charge in [-0.2, -0.15) is 5.26 Å². The average Bonchev–Trinajstić information content (AvgIpc) is 2.92. The Labute approximate surface area is 147 Å². The van der Waals surface area contributed by atoms with Gasteiger partial charge < -0.3 is 0 Å². The minimum Gasteiger partial charge on any atom is -0.299 e. The third-order valence-electron chi connectivity index (χ3n) is 8.09. The molecule has 0 spiro atoms.